The quantitative estimate of drug-likeness (QED) is 0.647. The molecule has 0 aliphatic carbocycles. The number of benzene rings is 2. The van der Waals surface area contributed by atoms with Gasteiger partial charge in [0.15, 0.2) is 0 Å². The molecule has 2 heterocycles. The Balaban J connectivity index is 1.74. The highest BCUT2D eigenvalue weighted by Gasteiger charge is 2.30. The summed E-state index contributed by atoms with van der Waals surface area (Å²) in [7, 11) is 3.88. The van der Waals surface area contributed by atoms with Crippen LogP contribution in [0.15, 0.2) is 60.8 Å². The van der Waals surface area contributed by atoms with Crippen LogP contribution in [0.3, 0.4) is 0 Å². The lowest BCUT2D eigenvalue weighted by atomic mass is 9.99. The zero-order valence-electron chi connectivity index (χ0n) is 16.3. The molecule has 0 bridgehead atoms. The third kappa shape index (κ3) is 3.90. The number of nitrogens with zero attached hydrogens (tertiary/aromatic N) is 4. The van der Waals surface area contributed by atoms with Gasteiger partial charge in [0.05, 0.1) is 11.7 Å². The average Bonchev–Trinajstić information content (AvgIpc) is 3.16. The summed E-state index contributed by atoms with van der Waals surface area (Å²) in [6.45, 7) is 1.92. The van der Waals surface area contributed by atoms with Crippen LogP contribution in [-0.2, 0) is 6.54 Å². The fraction of sp³-hybridized carbons (Fsp3) is 0.304. The Morgan fingerprint density at radius 3 is 2.68 bits per heavy atom. The van der Waals surface area contributed by atoms with Gasteiger partial charge < -0.3 is 4.90 Å². The SMILES string of the molecule is CN(C)c1ncc(-c2cccc(F)c2)c([C@H]2CCCN2Cc2ccccc2)n1. The van der Waals surface area contributed by atoms with Crippen molar-refractivity contribution in [3.05, 3.63) is 77.9 Å². The molecule has 5 heteroatoms. The van der Waals surface area contributed by atoms with Gasteiger partial charge in [-0.1, -0.05) is 42.5 Å². The van der Waals surface area contributed by atoms with E-state index in [2.05, 4.69) is 34.1 Å². The number of rotatable bonds is 5. The maximum absolute atomic E-state index is 13.9. The number of aromatic nitrogens is 2. The van der Waals surface area contributed by atoms with E-state index in [0.29, 0.717) is 5.95 Å². The van der Waals surface area contributed by atoms with Crippen LogP contribution < -0.4 is 4.90 Å². The first-order valence-electron chi connectivity index (χ1n) is 9.70. The molecule has 144 valence electrons. The summed E-state index contributed by atoms with van der Waals surface area (Å²) in [5, 5.41) is 0. The minimum atomic E-state index is -0.243. The summed E-state index contributed by atoms with van der Waals surface area (Å²) in [4.78, 5) is 13.8. The first kappa shape index (κ1) is 18.6. The van der Waals surface area contributed by atoms with E-state index in [1.54, 1.807) is 12.1 Å². The van der Waals surface area contributed by atoms with E-state index in [0.717, 1.165) is 42.8 Å². The monoisotopic (exact) mass is 376 g/mol. The zero-order chi connectivity index (χ0) is 19.5. The number of halogens is 1. The highest BCUT2D eigenvalue weighted by molar-refractivity contribution is 5.66. The van der Waals surface area contributed by atoms with Crippen molar-refractivity contribution < 1.29 is 4.39 Å². The minimum absolute atomic E-state index is 0.195. The summed E-state index contributed by atoms with van der Waals surface area (Å²) in [5.74, 6) is 0.439. The summed E-state index contributed by atoms with van der Waals surface area (Å²) < 4.78 is 13.9. The van der Waals surface area contributed by atoms with Crippen molar-refractivity contribution in [2.75, 3.05) is 25.5 Å². The molecule has 4 rings (SSSR count). The van der Waals surface area contributed by atoms with Crippen molar-refractivity contribution in [1.29, 1.82) is 0 Å². The van der Waals surface area contributed by atoms with Gasteiger partial charge in [0.1, 0.15) is 5.82 Å². The second-order valence-corrected chi connectivity index (χ2v) is 7.49. The van der Waals surface area contributed by atoms with Gasteiger partial charge in [-0.15, -0.1) is 0 Å². The van der Waals surface area contributed by atoms with Gasteiger partial charge in [0, 0.05) is 32.4 Å². The molecule has 0 radical (unpaired) electrons. The van der Waals surface area contributed by atoms with Crippen LogP contribution in [0.1, 0.15) is 30.1 Å². The van der Waals surface area contributed by atoms with E-state index in [1.165, 1.54) is 11.6 Å². The molecule has 1 aliphatic rings. The molecular weight excluding hydrogens is 351 g/mol. The Hall–Kier alpha value is -2.79. The van der Waals surface area contributed by atoms with E-state index in [-0.39, 0.29) is 11.9 Å². The molecule has 0 amide bonds. The molecule has 1 saturated heterocycles. The first-order valence-corrected chi connectivity index (χ1v) is 9.70. The molecule has 0 spiro atoms. The third-order valence-corrected chi connectivity index (χ3v) is 5.25. The summed E-state index contributed by atoms with van der Waals surface area (Å²) in [6.07, 6.45) is 4.01. The Bertz CT molecular complexity index is 942. The Morgan fingerprint density at radius 2 is 1.93 bits per heavy atom. The number of likely N-dealkylation sites (tertiary alicyclic amines) is 1. The van der Waals surface area contributed by atoms with E-state index < -0.39 is 0 Å². The molecule has 4 nitrogen and oxygen atoms in total. The summed E-state index contributed by atoms with van der Waals surface area (Å²) in [5.41, 5.74) is 4.02. The Labute approximate surface area is 165 Å². The maximum atomic E-state index is 13.9. The number of anilines is 1. The van der Waals surface area contributed by atoms with E-state index in [4.69, 9.17) is 4.98 Å². The van der Waals surface area contributed by atoms with Gasteiger partial charge in [-0.25, -0.2) is 14.4 Å². The molecular formula is C23H25FN4. The lowest BCUT2D eigenvalue weighted by Crippen LogP contribution is -2.25. The summed E-state index contributed by atoms with van der Waals surface area (Å²) in [6, 6.07) is 17.4. The van der Waals surface area contributed by atoms with Crippen molar-refractivity contribution in [3.63, 3.8) is 0 Å². The van der Waals surface area contributed by atoms with Crippen LogP contribution >= 0.6 is 0 Å². The molecule has 3 aromatic rings. The lowest BCUT2D eigenvalue weighted by Gasteiger charge is -2.26. The van der Waals surface area contributed by atoms with Gasteiger partial charge in [0.25, 0.3) is 0 Å². The summed E-state index contributed by atoms with van der Waals surface area (Å²) >= 11 is 0. The molecule has 28 heavy (non-hydrogen) atoms. The van der Waals surface area contributed by atoms with Crippen LogP contribution in [0.5, 0.6) is 0 Å². The first-order chi connectivity index (χ1) is 13.6. The Morgan fingerprint density at radius 1 is 1.11 bits per heavy atom. The van der Waals surface area contributed by atoms with Crippen LogP contribution in [0.25, 0.3) is 11.1 Å². The van der Waals surface area contributed by atoms with Crippen molar-refractivity contribution >= 4 is 5.95 Å². The average molecular weight is 376 g/mol. The van der Waals surface area contributed by atoms with Gasteiger partial charge >= 0.3 is 0 Å². The van der Waals surface area contributed by atoms with Crippen LogP contribution in [0.4, 0.5) is 10.3 Å². The predicted molar refractivity (Wildman–Crippen MR) is 111 cm³/mol. The van der Waals surface area contributed by atoms with Crippen molar-refractivity contribution in [1.82, 2.24) is 14.9 Å². The lowest BCUT2D eigenvalue weighted by molar-refractivity contribution is 0.245. The van der Waals surface area contributed by atoms with Crippen molar-refractivity contribution in [3.8, 4) is 11.1 Å². The van der Waals surface area contributed by atoms with Gasteiger partial charge in [0.2, 0.25) is 5.95 Å². The van der Waals surface area contributed by atoms with Crippen LogP contribution in [0, 0.1) is 5.82 Å². The Kier molecular flexibility index (Phi) is 5.35. The fourth-order valence-electron chi connectivity index (χ4n) is 3.88. The van der Waals surface area contributed by atoms with Crippen LogP contribution in [-0.4, -0.2) is 35.5 Å². The number of hydrogen-bond acceptors (Lipinski definition) is 4. The highest BCUT2D eigenvalue weighted by atomic mass is 19.1. The molecule has 1 aromatic heterocycles. The van der Waals surface area contributed by atoms with Gasteiger partial charge in [-0.3, -0.25) is 4.90 Å². The van der Waals surface area contributed by atoms with Crippen molar-refractivity contribution in [2.45, 2.75) is 25.4 Å². The van der Waals surface area contributed by atoms with E-state index in [9.17, 15) is 4.39 Å². The second-order valence-electron chi connectivity index (χ2n) is 7.49. The maximum Gasteiger partial charge on any atom is 0.225 e. The largest absolute Gasteiger partial charge is 0.347 e. The third-order valence-electron chi connectivity index (χ3n) is 5.25. The second kappa shape index (κ2) is 8.07. The molecule has 0 N–H and O–H groups in total. The molecule has 1 fully saturated rings. The topological polar surface area (TPSA) is 32.3 Å². The van der Waals surface area contributed by atoms with Gasteiger partial charge in [-0.2, -0.15) is 0 Å². The highest BCUT2D eigenvalue weighted by Crippen LogP contribution is 2.38. The van der Waals surface area contributed by atoms with Crippen LogP contribution in [0.2, 0.25) is 0 Å². The smallest absolute Gasteiger partial charge is 0.225 e. The molecule has 0 unspecified atom stereocenters. The van der Waals surface area contributed by atoms with E-state index >= 15 is 0 Å². The zero-order valence-corrected chi connectivity index (χ0v) is 16.3. The number of hydrogen-bond donors (Lipinski definition) is 0. The van der Waals surface area contributed by atoms with Gasteiger partial charge in [-0.05, 0) is 42.6 Å². The normalized spacial score (nSPS) is 17.0. The predicted octanol–water partition coefficient (Wildman–Crippen LogP) is 4.69. The molecule has 1 aliphatic heterocycles. The fourth-order valence-corrected chi connectivity index (χ4v) is 3.88. The van der Waals surface area contributed by atoms with E-state index in [1.807, 2.05) is 37.3 Å². The standard InChI is InChI=1S/C23H25FN4/c1-27(2)23-25-15-20(18-10-6-11-19(24)14-18)22(26-23)21-12-7-13-28(21)16-17-8-4-3-5-9-17/h3-6,8-11,14-15,21H,7,12-13,16H2,1-2H3/t21-/m1/s1. The molecule has 1 atom stereocenters. The molecule has 2 aromatic carbocycles. The minimum Gasteiger partial charge on any atom is -0.347 e. The molecule has 0 saturated carbocycles. The van der Waals surface area contributed by atoms with Crippen molar-refractivity contribution in [2.24, 2.45) is 0 Å².